The van der Waals surface area contributed by atoms with Crippen LogP contribution < -0.4 is 10.1 Å². The largest absolute Gasteiger partial charge is 0.494 e. The summed E-state index contributed by atoms with van der Waals surface area (Å²) >= 11 is 5.86. The van der Waals surface area contributed by atoms with Gasteiger partial charge in [-0.25, -0.2) is 0 Å². The molecule has 0 aromatic heterocycles. The van der Waals surface area contributed by atoms with Crippen molar-refractivity contribution in [2.75, 3.05) is 11.9 Å². The van der Waals surface area contributed by atoms with Gasteiger partial charge < -0.3 is 10.1 Å². The number of hydrogen-bond donors (Lipinski definition) is 1. The number of nitrogens with one attached hydrogen (secondary N) is 1. The van der Waals surface area contributed by atoms with Crippen LogP contribution in [0.2, 0.25) is 5.02 Å². The maximum absolute atomic E-state index is 9.38. The minimum atomic E-state index is -0.434. The molecule has 3 nitrogen and oxygen atoms in total. The molecule has 0 amide bonds. The van der Waals surface area contributed by atoms with Crippen LogP contribution in [0.1, 0.15) is 24.9 Å². The van der Waals surface area contributed by atoms with Gasteiger partial charge in [0, 0.05) is 10.7 Å². The second-order valence-electron chi connectivity index (χ2n) is 4.63. The molecule has 0 saturated carbocycles. The van der Waals surface area contributed by atoms with E-state index in [0.717, 1.165) is 23.4 Å². The van der Waals surface area contributed by atoms with E-state index in [-0.39, 0.29) is 0 Å². The first-order valence-corrected chi connectivity index (χ1v) is 7.25. The summed E-state index contributed by atoms with van der Waals surface area (Å²) in [5.41, 5.74) is 1.73. The van der Waals surface area contributed by atoms with Crippen LogP contribution >= 0.6 is 11.6 Å². The second kappa shape index (κ2) is 7.56. The van der Waals surface area contributed by atoms with Gasteiger partial charge in [0.2, 0.25) is 0 Å². The van der Waals surface area contributed by atoms with Crippen LogP contribution in [0.15, 0.2) is 48.5 Å². The third kappa shape index (κ3) is 4.40. The van der Waals surface area contributed by atoms with Gasteiger partial charge in [-0.1, -0.05) is 30.7 Å². The Balaban J connectivity index is 2.13. The van der Waals surface area contributed by atoms with Crippen molar-refractivity contribution in [3.63, 3.8) is 0 Å². The first kappa shape index (κ1) is 15.2. The van der Waals surface area contributed by atoms with E-state index >= 15 is 0 Å². The molecule has 0 aliphatic rings. The molecule has 0 spiro atoms. The van der Waals surface area contributed by atoms with Crippen molar-refractivity contribution in [3.05, 3.63) is 59.1 Å². The van der Waals surface area contributed by atoms with Crippen LogP contribution in [0.3, 0.4) is 0 Å². The zero-order chi connectivity index (χ0) is 15.1. The summed E-state index contributed by atoms with van der Waals surface area (Å²) in [5, 5.41) is 13.2. The van der Waals surface area contributed by atoms with E-state index in [9.17, 15) is 5.26 Å². The van der Waals surface area contributed by atoms with E-state index in [4.69, 9.17) is 16.3 Å². The zero-order valence-electron chi connectivity index (χ0n) is 11.8. The van der Waals surface area contributed by atoms with Crippen LogP contribution in [0.5, 0.6) is 5.75 Å². The summed E-state index contributed by atoms with van der Waals surface area (Å²) in [7, 11) is 0. The molecule has 0 saturated heterocycles. The van der Waals surface area contributed by atoms with Crippen LogP contribution in [0.25, 0.3) is 0 Å². The lowest BCUT2D eigenvalue weighted by atomic mass is 10.1. The van der Waals surface area contributed by atoms with Gasteiger partial charge in [0.05, 0.1) is 12.7 Å². The Morgan fingerprint density at radius 2 is 2.00 bits per heavy atom. The molecule has 4 heteroatoms. The molecular weight excluding hydrogens is 284 g/mol. The van der Waals surface area contributed by atoms with E-state index in [1.807, 2.05) is 36.4 Å². The number of benzene rings is 2. The van der Waals surface area contributed by atoms with Crippen LogP contribution in [0, 0.1) is 11.3 Å². The minimum Gasteiger partial charge on any atom is -0.494 e. The lowest BCUT2D eigenvalue weighted by Gasteiger charge is -2.14. The van der Waals surface area contributed by atoms with Crippen molar-refractivity contribution < 1.29 is 4.74 Å². The maximum atomic E-state index is 9.38. The minimum absolute atomic E-state index is 0.434. The molecule has 0 heterocycles. The van der Waals surface area contributed by atoms with Crippen molar-refractivity contribution in [2.24, 2.45) is 0 Å². The van der Waals surface area contributed by atoms with Gasteiger partial charge in [-0.3, -0.25) is 0 Å². The molecule has 1 atom stereocenters. The average Bonchev–Trinajstić information content (AvgIpc) is 2.52. The lowest BCUT2D eigenvalue weighted by molar-refractivity contribution is 0.317. The number of halogens is 1. The number of ether oxygens (including phenoxy) is 1. The van der Waals surface area contributed by atoms with Crippen molar-refractivity contribution in [1.82, 2.24) is 0 Å². The topological polar surface area (TPSA) is 45.0 Å². The van der Waals surface area contributed by atoms with Crippen molar-refractivity contribution in [2.45, 2.75) is 19.4 Å². The predicted octanol–water partition coefficient (Wildman–Crippen LogP) is 4.81. The first-order valence-electron chi connectivity index (χ1n) is 6.87. The van der Waals surface area contributed by atoms with Gasteiger partial charge in [0.15, 0.2) is 0 Å². The van der Waals surface area contributed by atoms with E-state index in [0.29, 0.717) is 11.6 Å². The Labute approximate surface area is 130 Å². The monoisotopic (exact) mass is 300 g/mol. The molecular formula is C17H17ClN2O. The zero-order valence-corrected chi connectivity index (χ0v) is 12.6. The summed E-state index contributed by atoms with van der Waals surface area (Å²) in [5.74, 6) is 0.785. The quantitative estimate of drug-likeness (QED) is 0.833. The van der Waals surface area contributed by atoms with Crippen LogP contribution in [0.4, 0.5) is 5.69 Å². The first-order chi connectivity index (χ1) is 10.2. The lowest BCUT2D eigenvalue weighted by Crippen LogP contribution is -2.08. The maximum Gasteiger partial charge on any atom is 0.140 e. The summed E-state index contributed by atoms with van der Waals surface area (Å²) < 4.78 is 5.60. The molecule has 0 bridgehead atoms. The van der Waals surface area contributed by atoms with E-state index in [1.54, 1.807) is 12.1 Å². The third-order valence-corrected chi connectivity index (χ3v) is 3.20. The van der Waals surface area contributed by atoms with Gasteiger partial charge >= 0.3 is 0 Å². The fourth-order valence-electron chi connectivity index (χ4n) is 1.91. The Morgan fingerprint density at radius 3 is 2.67 bits per heavy atom. The Kier molecular flexibility index (Phi) is 5.48. The summed E-state index contributed by atoms with van der Waals surface area (Å²) in [6.45, 7) is 2.73. The van der Waals surface area contributed by atoms with Gasteiger partial charge in [0.25, 0.3) is 0 Å². The smallest absolute Gasteiger partial charge is 0.140 e. The standard InChI is InChI=1S/C17H17ClN2O/c1-2-10-21-16-5-3-4-13(11-16)17(12-19)20-15-8-6-14(18)7-9-15/h3-9,11,17,20H,2,10H2,1H3. The SMILES string of the molecule is CCCOc1cccc(C(C#N)Nc2ccc(Cl)cc2)c1. The molecule has 1 unspecified atom stereocenters. The van der Waals surface area contributed by atoms with Gasteiger partial charge in [-0.05, 0) is 48.4 Å². The predicted molar refractivity (Wildman–Crippen MR) is 85.7 cm³/mol. The molecule has 21 heavy (non-hydrogen) atoms. The molecule has 0 aliphatic heterocycles. The number of anilines is 1. The molecule has 2 aromatic rings. The van der Waals surface area contributed by atoms with Crippen molar-refractivity contribution in [3.8, 4) is 11.8 Å². The normalized spacial score (nSPS) is 11.5. The van der Waals surface area contributed by atoms with Crippen molar-refractivity contribution >= 4 is 17.3 Å². The average molecular weight is 301 g/mol. The second-order valence-corrected chi connectivity index (χ2v) is 5.07. The Bertz CT molecular complexity index is 619. The summed E-state index contributed by atoms with van der Waals surface area (Å²) in [6, 6.07) is 16.7. The van der Waals surface area contributed by atoms with Crippen LogP contribution in [-0.4, -0.2) is 6.61 Å². The highest BCUT2D eigenvalue weighted by molar-refractivity contribution is 6.30. The molecule has 0 radical (unpaired) electrons. The Hall–Kier alpha value is -2.18. The molecule has 108 valence electrons. The van der Waals surface area contributed by atoms with Gasteiger partial charge in [-0.15, -0.1) is 0 Å². The van der Waals surface area contributed by atoms with E-state index in [2.05, 4.69) is 18.3 Å². The van der Waals surface area contributed by atoms with E-state index in [1.165, 1.54) is 0 Å². The van der Waals surface area contributed by atoms with E-state index < -0.39 is 6.04 Å². The highest BCUT2D eigenvalue weighted by atomic mass is 35.5. The number of hydrogen-bond acceptors (Lipinski definition) is 3. The fraction of sp³-hybridized carbons (Fsp3) is 0.235. The molecule has 2 aromatic carbocycles. The van der Waals surface area contributed by atoms with Gasteiger partial charge in [0.1, 0.15) is 11.8 Å². The highest BCUT2D eigenvalue weighted by Gasteiger charge is 2.11. The fourth-order valence-corrected chi connectivity index (χ4v) is 2.03. The number of rotatable bonds is 6. The number of nitriles is 1. The van der Waals surface area contributed by atoms with Gasteiger partial charge in [-0.2, -0.15) is 5.26 Å². The third-order valence-electron chi connectivity index (χ3n) is 2.95. The highest BCUT2D eigenvalue weighted by Crippen LogP contribution is 2.23. The molecule has 0 fully saturated rings. The van der Waals surface area contributed by atoms with Crippen molar-refractivity contribution in [1.29, 1.82) is 5.26 Å². The number of nitrogens with zero attached hydrogens (tertiary/aromatic N) is 1. The summed E-state index contributed by atoms with van der Waals surface area (Å²) in [4.78, 5) is 0. The van der Waals surface area contributed by atoms with Crippen LogP contribution in [-0.2, 0) is 0 Å². The molecule has 1 N–H and O–H groups in total. The molecule has 0 aliphatic carbocycles. The Morgan fingerprint density at radius 1 is 1.24 bits per heavy atom. The molecule has 2 rings (SSSR count). The summed E-state index contributed by atoms with van der Waals surface area (Å²) in [6.07, 6.45) is 0.953.